The van der Waals surface area contributed by atoms with E-state index < -0.39 is 5.54 Å². The number of rotatable bonds is 4. The number of nitrogens with one attached hydrogen (secondary N) is 1. The summed E-state index contributed by atoms with van der Waals surface area (Å²) in [6.45, 7) is 4.57. The SMILES string of the molecule is CC(C)(N)c1nocc1C(=O)NC[C@@H]1Cc2ccccc2CO1. The van der Waals surface area contributed by atoms with E-state index in [1.165, 1.54) is 17.4 Å². The van der Waals surface area contributed by atoms with E-state index in [1.807, 2.05) is 12.1 Å². The Morgan fingerprint density at radius 3 is 2.87 bits per heavy atom. The van der Waals surface area contributed by atoms with Crippen LogP contribution in [0.2, 0.25) is 0 Å². The van der Waals surface area contributed by atoms with Crippen molar-refractivity contribution in [2.75, 3.05) is 6.54 Å². The topological polar surface area (TPSA) is 90.4 Å². The molecule has 1 aromatic carbocycles. The minimum Gasteiger partial charge on any atom is -0.371 e. The highest BCUT2D eigenvalue weighted by Gasteiger charge is 2.27. The number of nitrogens with zero attached hydrogens (tertiary/aromatic N) is 1. The molecule has 2 heterocycles. The smallest absolute Gasteiger partial charge is 0.256 e. The zero-order valence-corrected chi connectivity index (χ0v) is 13.3. The van der Waals surface area contributed by atoms with Crippen LogP contribution in [0, 0.1) is 0 Å². The lowest BCUT2D eigenvalue weighted by Crippen LogP contribution is -2.38. The van der Waals surface area contributed by atoms with Gasteiger partial charge in [-0.3, -0.25) is 4.79 Å². The van der Waals surface area contributed by atoms with Crippen molar-refractivity contribution in [3.05, 3.63) is 52.9 Å². The number of ether oxygens (including phenoxy) is 1. The summed E-state index contributed by atoms with van der Waals surface area (Å²) in [6.07, 6.45) is 2.08. The zero-order valence-electron chi connectivity index (χ0n) is 13.3. The lowest BCUT2D eigenvalue weighted by Gasteiger charge is -2.25. The van der Waals surface area contributed by atoms with E-state index in [2.05, 4.69) is 22.6 Å². The van der Waals surface area contributed by atoms with Gasteiger partial charge in [-0.1, -0.05) is 29.4 Å². The largest absolute Gasteiger partial charge is 0.371 e. The first-order valence-electron chi connectivity index (χ1n) is 7.65. The molecule has 2 aromatic rings. The van der Waals surface area contributed by atoms with E-state index in [0.29, 0.717) is 24.4 Å². The van der Waals surface area contributed by atoms with Crippen molar-refractivity contribution >= 4 is 5.91 Å². The summed E-state index contributed by atoms with van der Waals surface area (Å²) in [4.78, 5) is 12.3. The number of carbonyl (C=O) groups is 1. The first-order chi connectivity index (χ1) is 10.9. The van der Waals surface area contributed by atoms with E-state index in [1.54, 1.807) is 13.8 Å². The van der Waals surface area contributed by atoms with Gasteiger partial charge in [-0.25, -0.2) is 0 Å². The molecule has 1 aliphatic heterocycles. The maximum absolute atomic E-state index is 12.3. The number of aromatic nitrogens is 1. The molecule has 3 rings (SSSR count). The van der Waals surface area contributed by atoms with Gasteiger partial charge in [0.25, 0.3) is 5.91 Å². The van der Waals surface area contributed by atoms with E-state index >= 15 is 0 Å². The number of hydrogen-bond acceptors (Lipinski definition) is 5. The summed E-state index contributed by atoms with van der Waals surface area (Å²) >= 11 is 0. The summed E-state index contributed by atoms with van der Waals surface area (Å²) in [6, 6.07) is 8.19. The van der Waals surface area contributed by atoms with Crippen LogP contribution in [0.3, 0.4) is 0 Å². The van der Waals surface area contributed by atoms with Crippen molar-refractivity contribution in [3.8, 4) is 0 Å². The average Bonchev–Trinajstić information content (AvgIpc) is 3.02. The van der Waals surface area contributed by atoms with Crippen LogP contribution in [0.4, 0.5) is 0 Å². The number of hydrogen-bond donors (Lipinski definition) is 2. The van der Waals surface area contributed by atoms with Gasteiger partial charge in [0.05, 0.1) is 18.2 Å². The highest BCUT2D eigenvalue weighted by Crippen LogP contribution is 2.21. The fourth-order valence-electron chi connectivity index (χ4n) is 2.70. The molecule has 122 valence electrons. The van der Waals surface area contributed by atoms with Gasteiger partial charge in [0.2, 0.25) is 0 Å². The van der Waals surface area contributed by atoms with Gasteiger partial charge in [-0.05, 0) is 25.0 Å². The van der Waals surface area contributed by atoms with Gasteiger partial charge in [0.15, 0.2) is 0 Å². The van der Waals surface area contributed by atoms with E-state index in [0.717, 1.165) is 6.42 Å². The number of carbonyl (C=O) groups excluding carboxylic acids is 1. The standard InChI is InChI=1S/C17H21N3O3/c1-17(2,18)15-14(10-23-20-15)16(21)19-8-13-7-11-5-3-4-6-12(11)9-22-13/h3-6,10,13H,7-9,18H2,1-2H3,(H,19,21)/t13-/m0/s1. The molecule has 0 spiro atoms. The third-order valence-corrected chi connectivity index (χ3v) is 3.96. The first kappa shape index (κ1) is 15.7. The molecule has 1 atom stereocenters. The predicted molar refractivity (Wildman–Crippen MR) is 84.8 cm³/mol. The van der Waals surface area contributed by atoms with Crippen LogP contribution >= 0.6 is 0 Å². The Labute approximate surface area is 135 Å². The molecule has 0 bridgehead atoms. The van der Waals surface area contributed by atoms with E-state index in [9.17, 15) is 4.79 Å². The Hall–Kier alpha value is -2.18. The zero-order chi connectivity index (χ0) is 16.4. The van der Waals surface area contributed by atoms with Gasteiger partial charge in [0, 0.05) is 13.0 Å². The summed E-state index contributed by atoms with van der Waals surface area (Å²) in [5, 5.41) is 6.72. The monoisotopic (exact) mass is 315 g/mol. The van der Waals surface area contributed by atoms with Crippen molar-refractivity contribution in [2.45, 2.75) is 38.5 Å². The fourth-order valence-corrected chi connectivity index (χ4v) is 2.70. The lowest BCUT2D eigenvalue weighted by molar-refractivity contribution is 0.0284. The molecule has 3 N–H and O–H groups in total. The Kier molecular flexibility index (Phi) is 4.19. The number of fused-ring (bicyclic) bond motifs is 1. The molecule has 0 saturated heterocycles. The van der Waals surface area contributed by atoms with E-state index in [-0.39, 0.29) is 12.0 Å². The first-order valence-corrected chi connectivity index (χ1v) is 7.65. The van der Waals surface area contributed by atoms with Gasteiger partial charge < -0.3 is 20.3 Å². The van der Waals surface area contributed by atoms with Crippen molar-refractivity contribution in [1.82, 2.24) is 10.5 Å². The maximum Gasteiger partial charge on any atom is 0.256 e. The molecule has 0 radical (unpaired) electrons. The second-order valence-electron chi connectivity index (χ2n) is 6.41. The molecule has 23 heavy (non-hydrogen) atoms. The van der Waals surface area contributed by atoms with E-state index in [4.69, 9.17) is 15.0 Å². The number of benzene rings is 1. The van der Waals surface area contributed by atoms with Crippen molar-refractivity contribution in [1.29, 1.82) is 0 Å². The lowest BCUT2D eigenvalue weighted by atomic mass is 9.98. The molecule has 1 aliphatic rings. The van der Waals surface area contributed by atoms with Crippen molar-refractivity contribution in [2.24, 2.45) is 5.73 Å². The summed E-state index contributed by atoms with van der Waals surface area (Å²) in [7, 11) is 0. The van der Waals surface area contributed by atoms with Gasteiger partial charge >= 0.3 is 0 Å². The quantitative estimate of drug-likeness (QED) is 0.897. The van der Waals surface area contributed by atoms with Crippen LogP contribution in [-0.4, -0.2) is 23.7 Å². The predicted octanol–water partition coefficient (Wildman–Crippen LogP) is 1.74. The molecule has 6 nitrogen and oxygen atoms in total. The second kappa shape index (κ2) is 6.14. The maximum atomic E-state index is 12.3. The van der Waals surface area contributed by atoms with Crippen LogP contribution < -0.4 is 11.1 Å². The van der Waals surface area contributed by atoms with Gasteiger partial charge in [-0.2, -0.15) is 0 Å². The average molecular weight is 315 g/mol. The van der Waals surface area contributed by atoms with Crippen LogP contribution in [0.15, 0.2) is 35.1 Å². The minimum absolute atomic E-state index is 0.0388. The Morgan fingerprint density at radius 2 is 2.13 bits per heavy atom. The highest BCUT2D eigenvalue weighted by molar-refractivity contribution is 5.95. The summed E-state index contributed by atoms with van der Waals surface area (Å²) in [5.74, 6) is -0.248. The van der Waals surface area contributed by atoms with Crippen LogP contribution in [0.25, 0.3) is 0 Å². The molecular weight excluding hydrogens is 294 g/mol. The van der Waals surface area contributed by atoms with Gasteiger partial charge in [-0.15, -0.1) is 0 Å². The molecule has 6 heteroatoms. The molecule has 0 saturated carbocycles. The molecule has 0 unspecified atom stereocenters. The Bertz CT molecular complexity index is 703. The third-order valence-electron chi connectivity index (χ3n) is 3.96. The second-order valence-corrected chi connectivity index (χ2v) is 6.41. The fraction of sp³-hybridized carbons (Fsp3) is 0.412. The number of nitrogens with two attached hydrogens (primary N) is 1. The summed E-state index contributed by atoms with van der Waals surface area (Å²) < 4.78 is 10.7. The third kappa shape index (κ3) is 3.43. The highest BCUT2D eigenvalue weighted by atomic mass is 16.5. The molecule has 0 aliphatic carbocycles. The Morgan fingerprint density at radius 1 is 1.39 bits per heavy atom. The van der Waals surface area contributed by atoms with Crippen LogP contribution in [0.5, 0.6) is 0 Å². The molecule has 1 amide bonds. The molecular formula is C17H21N3O3. The van der Waals surface area contributed by atoms with Crippen LogP contribution in [-0.2, 0) is 23.3 Å². The van der Waals surface area contributed by atoms with Crippen molar-refractivity contribution in [3.63, 3.8) is 0 Å². The van der Waals surface area contributed by atoms with Gasteiger partial charge in [0.1, 0.15) is 17.5 Å². The van der Waals surface area contributed by atoms with Crippen LogP contribution in [0.1, 0.15) is 41.0 Å². The van der Waals surface area contributed by atoms with Crippen molar-refractivity contribution < 1.29 is 14.1 Å². The summed E-state index contributed by atoms with van der Waals surface area (Å²) in [5.41, 5.74) is 8.57. The normalized spacial score (nSPS) is 17.6. The minimum atomic E-state index is -0.736. The number of amides is 1. The molecule has 1 aromatic heterocycles. The Balaban J connectivity index is 1.62. The molecule has 0 fully saturated rings.